The molecule has 0 saturated carbocycles. The number of hydrogen-bond donors (Lipinski definition) is 0. The second kappa shape index (κ2) is 5.07. The number of benzene rings is 1. The van der Waals surface area contributed by atoms with Gasteiger partial charge in [0.25, 0.3) is 5.89 Å². The van der Waals surface area contributed by atoms with Gasteiger partial charge in [0.05, 0.1) is 18.4 Å². The molecule has 1 aromatic carbocycles. The van der Waals surface area contributed by atoms with Crippen molar-refractivity contribution in [3.8, 4) is 11.6 Å². The van der Waals surface area contributed by atoms with Crippen molar-refractivity contribution >= 4 is 10.9 Å². The molecule has 108 valence electrons. The molecule has 3 aromatic heterocycles. The van der Waals surface area contributed by atoms with Crippen molar-refractivity contribution < 1.29 is 4.52 Å². The zero-order valence-electron chi connectivity index (χ0n) is 12.0. The third-order valence-corrected chi connectivity index (χ3v) is 3.39. The summed E-state index contributed by atoms with van der Waals surface area (Å²) in [6, 6.07) is 10.2. The fourth-order valence-corrected chi connectivity index (χ4v) is 2.37. The van der Waals surface area contributed by atoms with Crippen molar-refractivity contribution in [2.75, 3.05) is 0 Å². The summed E-state index contributed by atoms with van der Waals surface area (Å²) in [5.74, 6) is 1.04. The highest BCUT2D eigenvalue weighted by atomic mass is 16.5. The molecule has 4 aromatic rings. The van der Waals surface area contributed by atoms with Crippen molar-refractivity contribution in [3.63, 3.8) is 0 Å². The average molecular weight is 291 g/mol. The first-order valence-electron chi connectivity index (χ1n) is 6.94. The van der Waals surface area contributed by atoms with Crippen molar-refractivity contribution in [1.82, 2.24) is 24.7 Å². The number of rotatable bonds is 3. The van der Waals surface area contributed by atoms with Crippen LogP contribution in [0.15, 0.2) is 53.6 Å². The maximum atomic E-state index is 5.12. The molecule has 0 N–H and O–H groups in total. The molecule has 0 saturated heterocycles. The van der Waals surface area contributed by atoms with Crippen LogP contribution in [0, 0.1) is 6.92 Å². The van der Waals surface area contributed by atoms with Crippen LogP contribution < -0.4 is 0 Å². The molecule has 0 amide bonds. The van der Waals surface area contributed by atoms with Gasteiger partial charge in [-0.3, -0.25) is 4.98 Å². The molecule has 3 heterocycles. The van der Waals surface area contributed by atoms with Gasteiger partial charge >= 0.3 is 0 Å². The number of aryl methyl sites for hydroxylation is 1. The van der Waals surface area contributed by atoms with Crippen LogP contribution in [0.3, 0.4) is 0 Å². The van der Waals surface area contributed by atoms with E-state index in [-0.39, 0.29) is 0 Å². The van der Waals surface area contributed by atoms with E-state index >= 15 is 0 Å². The number of imidazole rings is 1. The fourth-order valence-electron chi connectivity index (χ4n) is 2.37. The number of para-hydroxylation sites is 1. The minimum atomic E-state index is 0.438. The van der Waals surface area contributed by atoms with E-state index in [1.54, 1.807) is 13.3 Å². The SMILES string of the molecule is Cc1noc(-c2cn(Cc3cnc4ccccc4c3)cn2)n1. The molecule has 0 unspecified atom stereocenters. The molecule has 0 fully saturated rings. The molecular formula is C16H13N5O. The summed E-state index contributed by atoms with van der Waals surface area (Å²) in [5, 5.41) is 4.91. The van der Waals surface area contributed by atoms with E-state index in [1.807, 2.05) is 35.2 Å². The summed E-state index contributed by atoms with van der Waals surface area (Å²) in [5.41, 5.74) is 2.79. The molecule has 6 heteroatoms. The second-order valence-electron chi connectivity index (χ2n) is 5.11. The van der Waals surface area contributed by atoms with Crippen LogP contribution >= 0.6 is 0 Å². The Morgan fingerprint density at radius 1 is 1.18 bits per heavy atom. The highest BCUT2D eigenvalue weighted by molar-refractivity contribution is 5.78. The largest absolute Gasteiger partial charge is 0.332 e. The lowest BCUT2D eigenvalue weighted by Gasteiger charge is -2.03. The monoisotopic (exact) mass is 291 g/mol. The van der Waals surface area contributed by atoms with Gasteiger partial charge in [-0.25, -0.2) is 4.98 Å². The summed E-state index contributed by atoms with van der Waals surface area (Å²) < 4.78 is 7.10. The molecule has 6 nitrogen and oxygen atoms in total. The Hall–Kier alpha value is -3.02. The van der Waals surface area contributed by atoms with Gasteiger partial charge in [0, 0.05) is 17.8 Å². The normalized spacial score (nSPS) is 11.1. The standard InChI is InChI=1S/C16H13N5O/c1-11-19-16(22-20-11)15-9-21(10-18-15)8-12-6-13-4-2-3-5-14(13)17-7-12/h2-7,9-10H,8H2,1H3. The maximum absolute atomic E-state index is 5.12. The average Bonchev–Trinajstić information content (AvgIpc) is 3.16. The molecule has 0 radical (unpaired) electrons. The number of pyridine rings is 1. The molecule has 4 rings (SSSR count). The maximum Gasteiger partial charge on any atom is 0.278 e. The molecule has 0 aliphatic heterocycles. The Kier molecular flexibility index (Phi) is 2.93. The highest BCUT2D eigenvalue weighted by Crippen LogP contribution is 2.16. The first-order valence-corrected chi connectivity index (χ1v) is 6.94. The molecule has 0 spiro atoms. The first kappa shape index (κ1) is 12.7. The van der Waals surface area contributed by atoms with Crippen LogP contribution in [0.4, 0.5) is 0 Å². The highest BCUT2D eigenvalue weighted by Gasteiger charge is 2.09. The summed E-state index contributed by atoms with van der Waals surface area (Å²) in [4.78, 5) is 13.0. The minimum Gasteiger partial charge on any atom is -0.332 e. The number of hydrogen-bond acceptors (Lipinski definition) is 5. The summed E-state index contributed by atoms with van der Waals surface area (Å²) in [7, 11) is 0. The summed E-state index contributed by atoms with van der Waals surface area (Å²) >= 11 is 0. The van der Waals surface area contributed by atoms with Gasteiger partial charge in [-0.15, -0.1) is 0 Å². The zero-order chi connectivity index (χ0) is 14.9. The Morgan fingerprint density at radius 3 is 2.95 bits per heavy atom. The predicted molar refractivity (Wildman–Crippen MR) is 81.1 cm³/mol. The predicted octanol–water partition coefficient (Wildman–Crippen LogP) is 2.84. The second-order valence-corrected chi connectivity index (χ2v) is 5.11. The molecule has 0 aliphatic rings. The fraction of sp³-hybridized carbons (Fsp3) is 0.125. The van der Waals surface area contributed by atoms with Crippen molar-refractivity contribution in [2.24, 2.45) is 0 Å². The number of aromatic nitrogens is 5. The van der Waals surface area contributed by atoms with E-state index in [1.165, 1.54) is 0 Å². The Bertz CT molecular complexity index is 940. The van der Waals surface area contributed by atoms with Crippen LogP contribution in [0.1, 0.15) is 11.4 Å². The van der Waals surface area contributed by atoms with Crippen molar-refractivity contribution in [1.29, 1.82) is 0 Å². The van der Waals surface area contributed by atoms with E-state index in [4.69, 9.17) is 4.52 Å². The Balaban J connectivity index is 1.61. The van der Waals surface area contributed by atoms with Crippen LogP contribution in [0.5, 0.6) is 0 Å². The topological polar surface area (TPSA) is 69.6 Å². The number of fused-ring (bicyclic) bond motifs is 1. The van der Waals surface area contributed by atoms with E-state index in [2.05, 4.69) is 32.2 Å². The van der Waals surface area contributed by atoms with E-state index < -0.39 is 0 Å². The van der Waals surface area contributed by atoms with Gasteiger partial charge in [-0.05, 0) is 24.6 Å². The van der Waals surface area contributed by atoms with Crippen LogP contribution in [-0.2, 0) is 6.54 Å². The Labute approximate surface area is 126 Å². The first-order chi connectivity index (χ1) is 10.8. The van der Waals surface area contributed by atoms with Gasteiger partial charge in [-0.1, -0.05) is 23.4 Å². The van der Waals surface area contributed by atoms with E-state index in [9.17, 15) is 0 Å². The summed E-state index contributed by atoms with van der Waals surface area (Å²) in [6.45, 7) is 2.47. The van der Waals surface area contributed by atoms with Gasteiger partial charge < -0.3 is 9.09 Å². The lowest BCUT2D eigenvalue weighted by molar-refractivity contribution is 0.424. The lowest BCUT2D eigenvalue weighted by atomic mass is 10.1. The third-order valence-electron chi connectivity index (χ3n) is 3.39. The summed E-state index contributed by atoms with van der Waals surface area (Å²) in [6.07, 6.45) is 5.53. The van der Waals surface area contributed by atoms with Crippen LogP contribution in [0.2, 0.25) is 0 Å². The van der Waals surface area contributed by atoms with Gasteiger partial charge in [0.1, 0.15) is 5.69 Å². The van der Waals surface area contributed by atoms with Gasteiger partial charge in [0.15, 0.2) is 5.82 Å². The van der Waals surface area contributed by atoms with Gasteiger partial charge in [-0.2, -0.15) is 4.98 Å². The smallest absolute Gasteiger partial charge is 0.278 e. The molecule has 22 heavy (non-hydrogen) atoms. The Morgan fingerprint density at radius 2 is 2.09 bits per heavy atom. The molecule has 0 atom stereocenters. The zero-order valence-corrected chi connectivity index (χ0v) is 12.0. The van der Waals surface area contributed by atoms with E-state index in [0.717, 1.165) is 16.5 Å². The molecule has 0 aliphatic carbocycles. The van der Waals surface area contributed by atoms with Crippen molar-refractivity contribution in [3.05, 3.63) is 60.4 Å². The lowest BCUT2D eigenvalue weighted by Crippen LogP contribution is -1.97. The van der Waals surface area contributed by atoms with Crippen LogP contribution in [-0.4, -0.2) is 24.7 Å². The number of nitrogens with zero attached hydrogens (tertiary/aromatic N) is 5. The van der Waals surface area contributed by atoms with E-state index in [0.29, 0.717) is 24.0 Å². The molecular weight excluding hydrogens is 278 g/mol. The molecule has 0 bridgehead atoms. The minimum absolute atomic E-state index is 0.438. The quantitative estimate of drug-likeness (QED) is 0.580. The third kappa shape index (κ3) is 2.35. The van der Waals surface area contributed by atoms with Gasteiger partial charge in [0.2, 0.25) is 0 Å². The van der Waals surface area contributed by atoms with Crippen LogP contribution in [0.25, 0.3) is 22.5 Å². The van der Waals surface area contributed by atoms with Crippen molar-refractivity contribution in [2.45, 2.75) is 13.5 Å².